The molecule has 0 bridgehead atoms. The van der Waals surface area contributed by atoms with E-state index in [0.717, 1.165) is 17.5 Å². The van der Waals surface area contributed by atoms with E-state index in [2.05, 4.69) is 34.5 Å². The van der Waals surface area contributed by atoms with E-state index in [1.165, 1.54) is 37.0 Å². The van der Waals surface area contributed by atoms with Crippen LogP contribution in [0.25, 0.3) is 0 Å². The SMILES string of the molecule is CC1CCCCC1N(C)Cc1nnc(NN)s1. The van der Waals surface area contributed by atoms with Crippen molar-refractivity contribution in [3.05, 3.63) is 5.01 Å². The molecule has 1 fully saturated rings. The van der Waals surface area contributed by atoms with Crippen molar-refractivity contribution in [1.29, 1.82) is 0 Å². The maximum atomic E-state index is 5.30. The number of hydrogen-bond donors (Lipinski definition) is 2. The van der Waals surface area contributed by atoms with Crippen molar-refractivity contribution in [2.24, 2.45) is 11.8 Å². The molecular formula is C11H21N5S. The zero-order chi connectivity index (χ0) is 12.3. The minimum absolute atomic E-state index is 0.682. The van der Waals surface area contributed by atoms with Crippen LogP contribution in [0.1, 0.15) is 37.6 Å². The van der Waals surface area contributed by atoms with Crippen LogP contribution in [0.2, 0.25) is 0 Å². The maximum absolute atomic E-state index is 5.30. The summed E-state index contributed by atoms with van der Waals surface area (Å²) in [5.41, 5.74) is 2.54. The minimum atomic E-state index is 0.682. The number of nitrogens with one attached hydrogen (secondary N) is 1. The topological polar surface area (TPSA) is 67.1 Å². The molecule has 1 heterocycles. The van der Waals surface area contributed by atoms with Gasteiger partial charge in [0.15, 0.2) is 0 Å². The summed E-state index contributed by atoms with van der Waals surface area (Å²) in [4.78, 5) is 2.41. The fourth-order valence-electron chi connectivity index (χ4n) is 2.66. The first-order valence-electron chi connectivity index (χ1n) is 6.20. The highest BCUT2D eigenvalue weighted by atomic mass is 32.1. The van der Waals surface area contributed by atoms with Gasteiger partial charge >= 0.3 is 0 Å². The molecule has 1 aromatic heterocycles. The van der Waals surface area contributed by atoms with Crippen LogP contribution in [-0.2, 0) is 6.54 Å². The third-order valence-electron chi connectivity index (χ3n) is 3.61. The quantitative estimate of drug-likeness (QED) is 0.634. The van der Waals surface area contributed by atoms with E-state index in [1.807, 2.05) is 0 Å². The molecule has 1 aromatic rings. The van der Waals surface area contributed by atoms with Crippen molar-refractivity contribution in [1.82, 2.24) is 15.1 Å². The van der Waals surface area contributed by atoms with E-state index < -0.39 is 0 Å². The Morgan fingerprint density at radius 2 is 2.18 bits per heavy atom. The van der Waals surface area contributed by atoms with Gasteiger partial charge in [0.1, 0.15) is 5.01 Å². The van der Waals surface area contributed by atoms with Gasteiger partial charge in [-0.3, -0.25) is 10.3 Å². The Morgan fingerprint density at radius 1 is 1.41 bits per heavy atom. The predicted molar refractivity (Wildman–Crippen MR) is 70.6 cm³/mol. The molecule has 0 spiro atoms. The van der Waals surface area contributed by atoms with Crippen molar-refractivity contribution >= 4 is 16.5 Å². The number of hydrazine groups is 1. The molecule has 0 aliphatic heterocycles. The second-order valence-electron chi connectivity index (χ2n) is 4.89. The molecule has 96 valence electrons. The summed E-state index contributed by atoms with van der Waals surface area (Å²) in [5, 5.41) is 9.80. The van der Waals surface area contributed by atoms with E-state index in [1.54, 1.807) is 0 Å². The Hall–Kier alpha value is -0.720. The molecule has 3 N–H and O–H groups in total. The zero-order valence-corrected chi connectivity index (χ0v) is 11.3. The van der Waals surface area contributed by atoms with Crippen LogP contribution in [0.3, 0.4) is 0 Å². The summed E-state index contributed by atoms with van der Waals surface area (Å²) < 4.78 is 0. The fourth-order valence-corrected chi connectivity index (χ4v) is 3.37. The molecule has 1 aliphatic rings. The van der Waals surface area contributed by atoms with Crippen LogP contribution in [0.5, 0.6) is 0 Å². The molecule has 2 atom stereocenters. The summed E-state index contributed by atoms with van der Waals surface area (Å²) in [6.07, 6.45) is 5.38. The number of rotatable bonds is 4. The van der Waals surface area contributed by atoms with Crippen LogP contribution >= 0.6 is 11.3 Å². The third-order valence-corrected chi connectivity index (χ3v) is 4.45. The number of anilines is 1. The van der Waals surface area contributed by atoms with Crippen LogP contribution in [0.4, 0.5) is 5.13 Å². The normalized spacial score (nSPS) is 25.2. The smallest absolute Gasteiger partial charge is 0.219 e. The molecule has 1 aliphatic carbocycles. The Morgan fingerprint density at radius 3 is 2.82 bits per heavy atom. The molecule has 2 unspecified atom stereocenters. The van der Waals surface area contributed by atoms with Gasteiger partial charge in [-0.2, -0.15) is 0 Å². The number of nitrogens with two attached hydrogens (primary N) is 1. The van der Waals surface area contributed by atoms with Gasteiger partial charge in [-0.25, -0.2) is 5.84 Å². The number of nitrogens with zero attached hydrogens (tertiary/aromatic N) is 3. The van der Waals surface area contributed by atoms with Gasteiger partial charge in [-0.05, 0) is 25.8 Å². The second-order valence-corrected chi connectivity index (χ2v) is 5.95. The Kier molecular flexibility index (Phi) is 4.31. The van der Waals surface area contributed by atoms with E-state index >= 15 is 0 Å². The largest absolute Gasteiger partial charge is 0.298 e. The Balaban J connectivity index is 1.93. The van der Waals surface area contributed by atoms with Crippen molar-refractivity contribution < 1.29 is 0 Å². The Bertz CT molecular complexity index is 353. The summed E-state index contributed by atoms with van der Waals surface area (Å²) in [6.45, 7) is 3.22. The average molecular weight is 255 g/mol. The Labute approximate surface area is 106 Å². The van der Waals surface area contributed by atoms with Gasteiger partial charge in [-0.15, -0.1) is 10.2 Å². The lowest BCUT2D eigenvalue weighted by Crippen LogP contribution is -2.38. The number of hydrogen-bond acceptors (Lipinski definition) is 6. The van der Waals surface area contributed by atoms with Crippen LogP contribution in [-0.4, -0.2) is 28.2 Å². The molecule has 5 nitrogen and oxygen atoms in total. The van der Waals surface area contributed by atoms with Gasteiger partial charge < -0.3 is 0 Å². The van der Waals surface area contributed by atoms with Gasteiger partial charge in [-0.1, -0.05) is 31.1 Å². The van der Waals surface area contributed by atoms with Gasteiger partial charge in [0.05, 0.1) is 6.54 Å². The zero-order valence-electron chi connectivity index (χ0n) is 10.5. The van der Waals surface area contributed by atoms with Crippen LogP contribution in [0.15, 0.2) is 0 Å². The molecule has 0 radical (unpaired) electrons. The molecule has 1 saturated carbocycles. The summed E-state index contributed by atoms with van der Waals surface area (Å²) in [5.74, 6) is 6.09. The first-order valence-corrected chi connectivity index (χ1v) is 7.01. The van der Waals surface area contributed by atoms with E-state index in [-0.39, 0.29) is 0 Å². The third kappa shape index (κ3) is 3.14. The monoisotopic (exact) mass is 255 g/mol. The van der Waals surface area contributed by atoms with Crippen molar-refractivity contribution in [3.63, 3.8) is 0 Å². The molecule has 6 heteroatoms. The second kappa shape index (κ2) is 5.75. The summed E-state index contributed by atoms with van der Waals surface area (Å²) in [6, 6.07) is 0.682. The van der Waals surface area contributed by atoms with E-state index in [0.29, 0.717) is 11.2 Å². The average Bonchev–Trinajstić information content (AvgIpc) is 2.77. The van der Waals surface area contributed by atoms with E-state index in [9.17, 15) is 0 Å². The van der Waals surface area contributed by atoms with Gasteiger partial charge in [0.2, 0.25) is 5.13 Å². The number of nitrogen functional groups attached to an aromatic ring is 1. The molecule has 0 aromatic carbocycles. The highest BCUT2D eigenvalue weighted by Gasteiger charge is 2.25. The fraction of sp³-hybridized carbons (Fsp3) is 0.818. The molecule has 2 rings (SSSR count). The van der Waals surface area contributed by atoms with Gasteiger partial charge in [0.25, 0.3) is 0 Å². The van der Waals surface area contributed by atoms with Crippen molar-refractivity contribution in [2.45, 2.75) is 45.2 Å². The number of aromatic nitrogens is 2. The summed E-state index contributed by atoms with van der Waals surface area (Å²) >= 11 is 1.53. The molecule has 0 amide bonds. The van der Waals surface area contributed by atoms with Crippen LogP contribution < -0.4 is 11.3 Å². The van der Waals surface area contributed by atoms with Crippen molar-refractivity contribution in [3.8, 4) is 0 Å². The first-order chi connectivity index (χ1) is 8.20. The highest BCUT2D eigenvalue weighted by Crippen LogP contribution is 2.28. The standard InChI is InChI=1S/C11H21N5S/c1-8-5-3-4-6-9(8)16(2)7-10-14-15-11(13-12)17-10/h8-9H,3-7,12H2,1-2H3,(H,13,15). The van der Waals surface area contributed by atoms with E-state index in [4.69, 9.17) is 5.84 Å². The molecule has 0 saturated heterocycles. The molecular weight excluding hydrogens is 234 g/mol. The minimum Gasteiger partial charge on any atom is -0.298 e. The maximum Gasteiger partial charge on any atom is 0.219 e. The van der Waals surface area contributed by atoms with Crippen molar-refractivity contribution in [2.75, 3.05) is 12.5 Å². The predicted octanol–water partition coefficient (Wildman–Crippen LogP) is 1.83. The lowest BCUT2D eigenvalue weighted by molar-refractivity contribution is 0.133. The summed E-state index contributed by atoms with van der Waals surface area (Å²) in [7, 11) is 2.18. The lowest BCUT2D eigenvalue weighted by atomic mass is 9.85. The highest BCUT2D eigenvalue weighted by molar-refractivity contribution is 7.15. The first kappa shape index (κ1) is 12.7. The lowest BCUT2D eigenvalue weighted by Gasteiger charge is -2.35. The molecule has 17 heavy (non-hydrogen) atoms. The van der Waals surface area contributed by atoms with Crippen LogP contribution in [0, 0.1) is 5.92 Å². The van der Waals surface area contributed by atoms with Gasteiger partial charge in [0, 0.05) is 6.04 Å².